The van der Waals surface area contributed by atoms with Gasteiger partial charge in [0.05, 0.1) is 11.1 Å². The maximum Gasteiger partial charge on any atom is 0.416 e. The molecule has 11 heteroatoms. The predicted molar refractivity (Wildman–Crippen MR) is 92.0 cm³/mol. The van der Waals surface area contributed by atoms with Gasteiger partial charge in [-0.2, -0.15) is 41.9 Å². The topological polar surface area (TPSA) is 74.6 Å². The Hall–Kier alpha value is -3.55. The molecule has 1 heterocycles. The Morgan fingerprint density at radius 3 is 2.33 bits per heavy atom. The van der Waals surface area contributed by atoms with Crippen molar-refractivity contribution in [3.63, 3.8) is 0 Å². The molecule has 0 fully saturated rings. The molecule has 1 unspecified atom stereocenters. The third-order valence-electron chi connectivity index (χ3n) is 4.18. The van der Waals surface area contributed by atoms with Gasteiger partial charge in [0, 0.05) is 11.1 Å². The van der Waals surface area contributed by atoms with Crippen molar-refractivity contribution >= 4 is 0 Å². The number of halogens is 6. The van der Waals surface area contributed by atoms with Gasteiger partial charge in [-0.25, -0.2) is 0 Å². The van der Waals surface area contributed by atoms with Gasteiger partial charge < -0.3 is 4.74 Å². The number of hydrogen-bond donors (Lipinski definition) is 1. The number of aromatic nitrogens is 3. The monoisotopic (exact) mass is 426 g/mol. The quantitative estimate of drug-likeness (QED) is 0.558. The number of alkyl halides is 6. The molecule has 0 radical (unpaired) electrons. The molecule has 0 aliphatic carbocycles. The van der Waals surface area contributed by atoms with Crippen molar-refractivity contribution in [3.8, 4) is 23.1 Å². The Bertz CT molecular complexity index is 1100. The second-order valence-corrected chi connectivity index (χ2v) is 6.22. The van der Waals surface area contributed by atoms with Crippen LogP contribution in [0.4, 0.5) is 26.3 Å². The smallest absolute Gasteiger partial charge is 0.416 e. The van der Waals surface area contributed by atoms with Crippen LogP contribution < -0.4 is 4.74 Å². The minimum Gasteiger partial charge on any atom is -0.486 e. The fourth-order valence-corrected chi connectivity index (χ4v) is 2.85. The van der Waals surface area contributed by atoms with Gasteiger partial charge >= 0.3 is 12.4 Å². The molecule has 0 saturated carbocycles. The Morgan fingerprint density at radius 1 is 1.00 bits per heavy atom. The number of benzene rings is 2. The predicted octanol–water partition coefficient (Wildman–Crippen LogP) is 5.52. The first-order valence-electron chi connectivity index (χ1n) is 8.37. The van der Waals surface area contributed by atoms with Gasteiger partial charge in [0.2, 0.25) is 0 Å². The van der Waals surface area contributed by atoms with E-state index in [1.807, 2.05) is 0 Å². The normalized spacial score (nSPS) is 13.0. The SMILES string of the molecule is CC(Oc1cc(-c2n[nH]nc2C#N)cc(C(F)(F)F)c1)c1ccccc1C(F)(F)F. The van der Waals surface area contributed by atoms with E-state index >= 15 is 0 Å². The molecule has 0 aliphatic rings. The van der Waals surface area contributed by atoms with Crippen molar-refractivity contribution < 1.29 is 31.1 Å². The molecule has 0 aliphatic heterocycles. The van der Waals surface area contributed by atoms with Gasteiger partial charge in [-0.3, -0.25) is 0 Å². The van der Waals surface area contributed by atoms with Crippen LogP contribution in [0.15, 0.2) is 42.5 Å². The van der Waals surface area contributed by atoms with Crippen molar-refractivity contribution in [1.29, 1.82) is 5.26 Å². The molecular weight excluding hydrogens is 414 g/mol. The van der Waals surface area contributed by atoms with E-state index in [1.54, 1.807) is 6.07 Å². The lowest BCUT2D eigenvalue weighted by Gasteiger charge is -2.21. The standard InChI is InChI=1S/C19H12F6N4O/c1-10(14-4-2-3-5-15(14)19(23,24)25)30-13-7-11(6-12(8-13)18(20,21)22)17-16(9-26)27-29-28-17/h2-8,10H,1H3,(H,27,28,29). The number of H-pyrrole nitrogens is 1. The van der Waals surface area contributed by atoms with Gasteiger partial charge in [-0.15, -0.1) is 5.10 Å². The number of aromatic amines is 1. The molecule has 30 heavy (non-hydrogen) atoms. The average Bonchev–Trinajstić information content (AvgIpc) is 3.15. The molecule has 156 valence electrons. The summed E-state index contributed by atoms with van der Waals surface area (Å²) in [5, 5.41) is 18.4. The molecule has 5 nitrogen and oxygen atoms in total. The number of nitriles is 1. The maximum atomic E-state index is 13.3. The summed E-state index contributed by atoms with van der Waals surface area (Å²) in [7, 11) is 0. The Balaban J connectivity index is 2.05. The van der Waals surface area contributed by atoms with Crippen molar-refractivity contribution in [3.05, 3.63) is 64.8 Å². The highest BCUT2D eigenvalue weighted by Gasteiger charge is 2.35. The Morgan fingerprint density at radius 2 is 1.70 bits per heavy atom. The summed E-state index contributed by atoms with van der Waals surface area (Å²) < 4.78 is 85.2. The molecule has 3 rings (SSSR count). The highest BCUT2D eigenvalue weighted by molar-refractivity contribution is 5.67. The van der Waals surface area contributed by atoms with Gasteiger partial charge in [0.25, 0.3) is 0 Å². The minimum absolute atomic E-state index is 0.124. The second kappa shape index (κ2) is 7.70. The third-order valence-corrected chi connectivity index (χ3v) is 4.18. The summed E-state index contributed by atoms with van der Waals surface area (Å²) >= 11 is 0. The first-order valence-corrected chi connectivity index (χ1v) is 8.37. The zero-order chi connectivity index (χ0) is 22.1. The van der Waals surface area contributed by atoms with Crippen LogP contribution in [0, 0.1) is 11.3 Å². The number of ether oxygens (including phenoxy) is 1. The maximum absolute atomic E-state index is 13.3. The van der Waals surface area contributed by atoms with Crippen molar-refractivity contribution in [2.24, 2.45) is 0 Å². The summed E-state index contributed by atoms with van der Waals surface area (Å²) in [4.78, 5) is 0. The van der Waals surface area contributed by atoms with E-state index in [0.717, 1.165) is 18.2 Å². The summed E-state index contributed by atoms with van der Waals surface area (Å²) in [6, 6.07) is 8.89. The first-order chi connectivity index (χ1) is 14.0. The Kier molecular flexibility index (Phi) is 5.43. The molecule has 0 bridgehead atoms. The van der Waals surface area contributed by atoms with Crippen LogP contribution in [0.2, 0.25) is 0 Å². The Labute approximate surface area is 165 Å². The van der Waals surface area contributed by atoms with Gasteiger partial charge in [-0.05, 0) is 31.2 Å². The third kappa shape index (κ3) is 4.37. The minimum atomic E-state index is -4.77. The molecule has 1 N–H and O–H groups in total. The van der Waals surface area contributed by atoms with Crippen LogP contribution in [-0.2, 0) is 12.4 Å². The molecule has 1 aromatic heterocycles. The van der Waals surface area contributed by atoms with E-state index in [2.05, 4.69) is 15.4 Å². The summed E-state index contributed by atoms with van der Waals surface area (Å²) in [6.45, 7) is 1.29. The fraction of sp³-hybridized carbons (Fsp3) is 0.211. The zero-order valence-electron chi connectivity index (χ0n) is 15.1. The van der Waals surface area contributed by atoms with E-state index < -0.39 is 29.6 Å². The summed E-state index contributed by atoms with van der Waals surface area (Å²) in [5.41, 5.74) is -2.80. The van der Waals surface area contributed by atoms with Crippen molar-refractivity contribution in [2.75, 3.05) is 0 Å². The van der Waals surface area contributed by atoms with Crippen LogP contribution in [0.5, 0.6) is 5.75 Å². The van der Waals surface area contributed by atoms with E-state index in [9.17, 15) is 26.3 Å². The first kappa shape index (κ1) is 21.2. The van der Waals surface area contributed by atoms with E-state index in [-0.39, 0.29) is 28.3 Å². The van der Waals surface area contributed by atoms with Crippen LogP contribution in [0.3, 0.4) is 0 Å². The number of rotatable bonds is 4. The van der Waals surface area contributed by atoms with Gasteiger partial charge in [0.15, 0.2) is 5.69 Å². The highest BCUT2D eigenvalue weighted by Crippen LogP contribution is 2.39. The molecule has 1 atom stereocenters. The summed E-state index contributed by atoms with van der Waals surface area (Å²) in [5.74, 6) is -0.337. The van der Waals surface area contributed by atoms with Gasteiger partial charge in [-0.1, -0.05) is 18.2 Å². The average molecular weight is 426 g/mol. The van der Waals surface area contributed by atoms with Crippen molar-refractivity contribution in [1.82, 2.24) is 15.4 Å². The lowest BCUT2D eigenvalue weighted by molar-refractivity contribution is -0.139. The second-order valence-electron chi connectivity index (χ2n) is 6.22. The van der Waals surface area contributed by atoms with Crippen LogP contribution >= 0.6 is 0 Å². The lowest BCUT2D eigenvalue weighted by atomic mass is 10.0. The zero-order valence-corrected chi connectivity index (χ0v) is 15.1. The van der Waals surface area contributed by atoms with Gasteiger partial charge in [0.1, 0.15) is 23.6 Å². The van der Waals surface area contributed by atoms with Crippen LogP contribution in [0.1, 0.15) is 35.4 Å². The molecule has 2 aromatic carbocycles. The molecular formula is C19H12F6N4O. The molecule has 3 aromatic rings. The molecule has 0 spiro atoms. The lowest BCUT2D eigenvalue weighted by Crippen LogP contribution is -2.14. The molecule has 0 saturated heterocycles. The van der Waals surface area contributed by atoms with Crippen LogP contribution in [0.25, 0.3) is 11.3 Å². The largest absolute Gasteiger partial charge is 0.486 e. The fourth-order valence-electron chi connectivity index (χ4n) is 2.85. The van der Waals surface area contributed by atoms with Crippen molar-refractivity contribution in [2.45, 2.75) is 25.4 Å². The van der Waals surface area contributed by atoms with E-state index in [4.69, 9.17) is 10.00 Å². The highest BCUT2D eigenvalue weighted by atomic mass is 19.4. The van der Waals surface area contributed by atoms with E-state index in [0.29, 0.717) is 6.07 Å². The summed E-state index contributed by atoms with van der Waals surface area (Å²) in [6.07, 6.45) is -10.6. The van der Waals surface area contributed by atoms with Crippen LogP contribution in [-0.4, -0.2) is 15.4 Å². The van der Waals surface area contributed by atoms with E-state index in [1.165, 1.54) is 25.1 Å². The number of nitrogens with zero attached hydrogens (tertiary/aromatic N) is 3. The number of hydrogen-bond acceptors (Lipinski definition) is 4. The molecule has 0 amide bonds. The number of nitrogens with one attached hydrogen (secondary N) is 1.